The van der Waals surface area contributed by atoms with Gasteiger partial charge >= 0.3 is 0 Å². The molecule has 4 fully saturated rings. The highest BCUT2D eigenvalue weighted by atomic mass is 16.2. The standard InChI is InChI=1S/C9H14N2O2.C9H16/c12-7-1-2-9(8(13)11-7)3-5-10-6-4-9;1-2-5-8(4-1)9-6-3-7-9/h10H,1-6H2,(H,11,12,13);8-9H,1-7H2. The Hall–Kier alpha value is -0.900. The monoisotopic (exact) mass is 306 g/mol. The summed E-state index contributed by atoms with van der Waals surface area (Å²) in [6.45, 7) is 1.78. The largest absolute Gasteiger partial charge is 0.317 e. The molecule has 0 bridgehead atoms. The molecule has 2 saturated heterocycles. The fourth-order valence-electron chi connectivity index (χ4n) is 4.51. The zero-order valence-electron chi connectivity index (χ0n) is 13.7. The maximum Gasteiger partial charge on any atom is 0.232 e. The maximum atomic E-state index is 11.6. The van der Waals surface area contributed by atoms with Gasteiger partial charge in [-0.15, -0.1) is 0 Å². The molecule has 2 saturated carbocycles. The van der Waals surface area contributed by atoms with Crippen LogP contribution in [0, 0.1) is 17.3 Å². The van der Waals surface area contributed by atoms with Crippen molar-refractivity contribution in [1.82, 2.24) is 10.6 Å². The highest BCUT2D eigenvalue weighted by molar-refractivity contribution is 6.00. The minimum absolute atomic E-state index is 0.0507. The summed E-state index contributed by atoms with van der Waals surface area (Å²) in [6, 6.07) is 0. The van der Waals surface area contributed by atoms with Crippen LogP contribution in [-0.2, 0) is 9.59 Å². The lowest BCUT2D eigenvalue weighted by molar-refractivity contribution is -0.143. The van der Waals surface area contributed by atoms with Gasteiger partial charge in [0, 0.05) is 6.42 Å². The molecule has 2 heterocycles. The molecule has 0 aromatic carbocycles. The van der Waals surface area contributed by atoms with Gasteiger partial charge in [0.15, 0.2) is 0 Å². The maximum absolute atomic E-state index is 11.6. The first-order chi connectivity index (χ1) is 10.7. The van der Waals surface area contributed by atoms with Gasteiger partial charge in [-0.2, -0.15) is 0 Å². The van der Waals surface area contributed by atoms with Crippen LogP contribution in [-0.4, -0.2) is 24.9 Å². The van der Waals surface area contributed by atoms with E-state index in [0.717, 1.165) is 32.4 Å². The molecule has 0 atom stereocenters. The van der Waals surface area contributed by atoms with E-state index >= 15 is 0 Å². The van der Waals surface area contributed by atoms with Gasteiger partial charge in [0.05, 0.1) is 5.41 Å². The Morgan fingerprint density at radius 1 is 0.818 bits per heavy atom. The lowest BCUT2D eigenvalue weighted by atomic mass is 9.73. The van der Waals surface area contributed by atoms with Gasteiger partial charge in [0.25, 0.3) is 0 Å². The summed E-state index contributed by atoms with van der Waals surface area (Å²) >= 11 is 0. The molecule has 0 unspecified atom stereocenters. The van der Waals surface area contributed by atoms with Crippen molar-refractivity contribution in [2.75, 3.05) is 13.1 Å². The zero-order chi connectivity index (χ0) is 15.4. The topological polar surface area (TPSA) is 58.2 Å². The Balaban J connectivity index is 0.000000139. The van der Waals surface area contributed by atoms with Crippen molar-refractivity contribution in [2.24, 2.45) is 17.3 Å². The molecule has 124 valence electrons. The van der Waals surface area contributed by atoms with Gasteiger partial charge < -0.3 is 5.32 Å². The highest BCUT2D eigenvalue weighted by Crippen LogP contribution is 2.41. The Kier molecular flexibility index (Phi) is 5.17. The number of hydrogen-bond acceptors (Lipinski definition) is 3. The molecule has 4 rings (SSSR count). The molecule has 0 radical (unpaired) electrons. The van der Waals surface area contributed by atoms with Crippen molar-refractivity contribution in [3.63, 3.8) is 0 Å². The predicted octanol–water partition coefficient (Wildman–Crippen LogP) is 2.77. The van der Waals surface area contributed by atoms with Gasteiger partial charge in [-0.05, 0) is 44.2 Å². The van der Waals surface area contributed by atoms with E-state index in [0.29, 0.717) is 6.42 Å². The SMILES string of the molecule is C1CCC(C2CCC2)C1.O=C1CCC2(CCNCC2)C(=O)N1. The smallest absolute Gasteiger partial charge is 0.232 e. The normalized spacial score (nSPS) is 28.7. The number of piperidine rings is 2. The lowest BCUT2D eigenvalue weighted by Gasteiger charge is -2.38. The van der Waals surface area contributed by atoms with Crippen LogP contribution in [0.3, 0.4) is 0 Å². The van der Waals surface area contributed by atoms with E-state index in [2.05, 4.69) is 10.6 Å². The van der Waals surface area contributed by atoms with Crippen molar-refractivity contribution in [3.05, 3.63) is 0 Å². The van der Waals surface area contributed by atoms with Crippen molar-refractivity contribution in [3.8, 4) is 0 Å². The van der Waals surface area contributed by atoms with Crippen LogP contribution >= 0.6 is 0 Å². The number of hydrogen-bond donors (Lipinski definition) is 2. The van der Waals surface area contributed by atoms with Crippen molar-refractivity contribution >= 4 is 11.8 Å². The van der Waals surface area contributed by atoms with Crippen LogP contribution in [0.15, 0.2) is 0 Å². The summed E-state index contributed by atoms with van der Waals surface area (Å²) in [5.74, 6) is 2.17. The van der Waals surface area contributed by atoms with Crippen LogP contribution < -0.4 is 10.6 Å². The summed E-state index contributed by atoms with van der Waals surface area (Å²) in [5, 5.41) is 5.66. The van der Waals surface area contributed by atoms with Crippen LogP contribution in [0.1, 0.15) is 70.6 Å². The van der Waals surface area contributed by atoms with Gasteiger partial charge in [-0.25, -0.2) is 0 Å². The molecule has 4 aliphatic rings. The number of amides is 2. The van der Waals surface area contributed by atoms with Crippen molar-refractivity contribution in [2.45, 2.75) is 70.6 Å². The number of nitrogens with one attached hydrogen (secondary N) is 2. The number of carbonyl (C=O) groups is 2. The van der Waals surface area contributed by atoms with Gasteiger partial charge in [0.2, 0.25) is 11.8 Å². The quantitative estimate of drug-likeness (QED) is 0.732. The summed E-state index contributed by atoms with van der Waals surface area (Å²) in [6.07, 6.45) is 13.8. The summed E-state index contributed by atoms with van der Waals surface area (Å²) < 4.78 is 0. The Morgan fingerprint density at radius 3 is 1.91 bits per heavy atom. The van der Waals surface area contributed by atoms with E-state index in [9.17, 15) is 9.59 Å². The minimum Gasteiger partial charge on any atom is -0.317 e. The lowest BCUT2D eigenvalue weighted by Crippen LogP contribution is -2.52. The molecule has 2 aliphatic carbocycles. The summed E-state index contributed by atoms with van der Waals surface area (Å²) in [4.78, 5) is 22.6. The Morgan fingerprint density at radius 2 is 1.41 bits per heavy atom. The first-order valence-corrected chi connectivity index (χ1v) is 9.25. The molecule has 22 heavy (non-hydrogen) atoms. The molecular formula is C18H30N2O2. The average Bonchev–Trinajstić information content (AvgIpc) is 2.97. The molecule has 2 amide bonds. The average molecular weight is 306 g/mol. The van der Waals surface area contributed by atoms with E-state index in [1.54, 1.807) is 25.7 Å². The van der Waals surface area contributed by atoms with Gasteiger partial charge in [0.1, 0.15) is 0 Å². The molecule has 4 nitrogen and oxygen atoms in total. The van der Waals surface area contributed by atoms with E-state index in [1.807, 2.05) is 0 Å². The van der Waals surface area contributed by atoms with E-state index < -0.39 is 0 Å². The predicted molar refractivity (Wildman–Crippen MR) is 86.2 cm³/mol. The van der Waals surface area contributed by atoms with Crippen molar-refractivity contribution < 1.29 is 9.59 Å². The van der Waals surface area contributed by atoms with Crippen molar-refractivity contribution in [1.29, 1.82) is 0 Å². The second kappa shape index (κ2) is 7.12. The second-order valence-corrected chi connectivity index (χ2v) is 7.64. The number of rotatable bonds is 1. The van der Waals surface area contributed by atoms with Crippen LogP contribution in [0.25, 0.3) is 0 Å². The first kappa shape index (κ1) is 16.0. The van der Waals surface area contributed by atoms with Crippen LogP contribution in [0.4, 0.5) is 0 Å². The number of imide groups is 1. The van der Waals surface area contributed by atoms with E-state index in [4.69, 9.17) is 0 Å². The van der Waals surface area contributed by atoms with Gasteiger partial charge in [-0.3, -0.25) is 14.9 Å². The molecule has 2 aliphatic heterocycles. The fraction of sp³-hybridized carbons (Fsp3) is 0.889. The third-order valence-electron chi connectivity index (χ3n) is 6.34. The Bertz CT molecular complexity index is 405. The highest BCUT2D eigenvalue weighted by Gasteiger charge is 2.42. The molecule has 0 aromatic heterocycles. The summed E-state index contributed by atoms with van der Waals surface area (Å²) in [7, 11) is 0. The van der Waals surface area contributed by atoms with E-state index in [-0.39, 0.29) is 17.2 Å². The van der Waals surface area contributed by atoms with Crippen LogP contribution in [0.5, 0.6) is 0 Å². The molecule has 0 aromatic rings. The minimum atomic E-state index is -0.237. The Labute approximate surface area is 133 Å². The third-order valence-corrected chi connectivity index (χ3v) is 6.34. The second-order valence-electron chi connectivity index (χ2n) is 7.64. The molecule has 4 heteroatoms. The van der Waals surface area contributed by atoms with Crippen LogP contribution in [0.2, 0.25) is 0 Å². The third kappa shape index (κ3) is 3.53. The van der Waals surface area contributed by atoms with E-state index in [1.165, 1.54) is 31.1 Å². The fourth-order valence-corrected chi connectivity index (χ4v) is 4.51. The van der Waals surface area contributed by atoms with Gasteiger partial charge in [-0.1, -0.05) is 44.9 Å². The molecule has 2 N–H and O–H groups in total. The molecule has 1 spiro atoms. The molecular weight excluding hydrogens is 276 g/mol. The summed E-state index contributed by atoms with van der Waals surface area (Å²) in [5.41, 5.74) is -0.237. The first-order valence-electron chi connectivity index (χ1n) is 9.25. The zero-order valence-corrected chi connectivity index (χ0v) is 13.7. The number of carbonyl (C=O) groups excluding carboxylic acids is 2.